The van der Waals surface area contributed by atoms with Gasteiger partial charge in [0.05, 0.1) is 25.4 Å². The maximum Gasteiger partial charge on any atom is 0.109 e. The lowest BCUT2D eigenvalue weighted by Crippen LogP contribution is -2.38. The molecule has 1 aliphatic heterocycles. The number of nitriles is 1. The molecular formula is C7H11N3O. The largest absolute Gasteiger partial charge is 0.385 e. The van der Waals surface area contributed by atoms with Crippen molar-refractivity contribution in [2.45, 2.75) is 0 Å². The fraction of sp³-hybridized carbons (Fsp3) is 0.571. The molecule has 4 nitrogen and oxygen atoms in total. The summed E-state index contributed by atoms with van der Waals surface area (Å²) in [7, 11) is 0. The van der Waals surface area contributed by atoms with Gasteiger partial charge < -0.3 is 15.4 Å². The Hall–Kier alpha value is -1.21. The number of nitrogens with zero attached hydrogens (tertiary/aromatic N) is 2. The number of rotatable bonds is 1. The van der Waals surface area contributed by atoms with Crippen molar-refractivity contribution in [2.75, 3.05) is 26.3 Å². The first-order valence-electron chi connectivity index (χ1n) is 3.52. The highest BCUT2D eigenvalue weighted by atomic mass is 16.5. The summed E-state index contributed by atoms with van der Waals surface area (Å²) in [5.41, 5.74) is 5.57. The van der Waals surface area contributed by atoms with Gasteiger partial charge in [0.2, 0.25) is 0 Å². The Morgan fingerprint density at radius 2 is 2.18 bits per heavy atom. The minimum Gasteiger partial charge on any atom is -0.385 e. The van der Waals surface area contributed by atoms with Crippen LogP contribution in [0.15, 0.2) is 11.9 Å². The highest BCUT2D eigenvalue weighted by Gasteiger charge is 2.09. The van der Waals surface area contributed by atoms with Crippen molar-refractivity contribution >= 4 is 0 Å². The molecule has 0 atom stereocenters. The minimum absolute atomic E-state index is 0.538. The van der Waals surface area contributed by atoms with E-state index in [1.54, 1.807) is 0 Å². The summed E-state index contributed by atoms with van der Waals surface area (Å²) in [6.07, 6.45) is 1.35. The molecule has 0 aromatic heterocycles. The smallest absolute Gasteiger partial charge is 0.109 e. The molecule has 4 heteroatoms. The molecule has 0 spiro atoms. The molecule has 0 saturated carbocycles. The van der Waals surface area contributed by atoms with Crippen LogP contribution >= 0.6 is 0 Å². The number of allylic oxidation sites excluding steroid dienone is 1. The topological polar surface area (TPSA) is 62.3 Å². The highest BCUT2D eigenvalue weighted by Crippen LogP contribution is 2.01. The maximum atomic E-state index is 8.30. The van der Waals surface area contributed by atoms with Crippen molar-refractivity contribution < 1.29 is 4.74 Å². The van der Waals surface area contributed by atoms with E-state index < -0.39 is 0 Å². The summed E-state index contributed by atoms with van der Waals surface area (Å²) in [5.74, 6) is 0.538. The van der Waals surface area contributed by atoms with Crippen LogP contribution < -0.4 is 5.73 Å². The Balaban J connectivity index is 2.46. The summed E-state index contributed by atoms with van der Waals surface area (Å²) < 4.78 is 5.12. The normalized spacial score (nSPS) is 19.5. The average molecular weight is 153 g/mol. The molecule has 60 valence electrons. The van der Waals surface area contributed by atoms with Gasteiger partial charge in [-0.3, -0.25) is 0 Å². The molecule has 0 amide bonds. The number of hydrogen-bond acceptors (Lipinski definition) is 4. The van der Waals surface area contributed by atoms with Gasteiger partial charge in [-0.2, -0.15) is 5.26 Å². The van der Waals surface area contributed by atoms with E-state index in [4.69, 9.17) is 15.7 Å². The average Bonchev–Trinajstić information content (AvgIpc) is 2.07. The molecule has 2 N–H and O–H groups in total. The van der Waals surface area contributed by atoms with Crippen LogP contribution in [0.1, 0.15) is 0 Å². The Kier molecular flexibility index (Phi) is 2.75. The van der Waals surface area contributed by atoms with E-state index in [1.165, 1.54) is 6.08 Å². The van der Waals surface area contributed by atoms with E-state index in [1.807, 2.05) is 11.0 Å². The second-order valence-corrected chi connectivity index (χ2v) is 2.30. The van der Waals surface area contributed by atoms with Gasteiger partial charge in [0, 0.05) is 13.1 Å². The van der Waals surface area contributed by atoms with Crippen molar-refractivity contribution in [1.82, 2.24) is 4.90 Å². The first kappa shape index (κ1) is 7.89. The third-order valence-corrected chi connectivity index (χ3v) is 1.59. The third-order valence-electron chi connectivity index (χ3n) is 1.59. The summed E-state index contributed by atoms with van der Waals surface area (Å²) in [4.78, 5) is 1.94. The van der Waals surface area contributed by atoms with Gasteiger partial charge in [0.25, 0.3) is 0 Å². The minimum atomic E-state index is 0.538. The van der Waals surface area contributed by atoms with Crippen LogP contribution in [0.25, 0.3) is 0 Å². The van der Waals surface area contributed by atoms with Gasteiger partial charge in [0.1, 0.15) is 5.82 Å². The van der Waals surface area contributed by atoms with Crippen molar-refractivity contribution in [3.8, 4) is 6.07 Å². The van der Waals surface area contributed by atoms with E-state index in [0.717, 1.165) is 13.1 Å². The van der Waals surface area contributed by atoms with Crippen LogP contribution in [-0.2, 0) is 4.74 Å². The molecular weight excluding hydrogens is 142 g/mol. The molecule has 1 saturated heterocycles. The van der Waals surface area contributed by atoms with E-state index in [0.29, 0.717) is 19.0 Å². The standard InChI is InChI=1S/C7H11N3O/c8-2-1-7(9)10-3-5-11-6-4-10/h1H,3-6,9H2. The number of ether oxygens (including phenoxy) is 1. The molecule has 0 aromatic rings. The fourth-order valence-corrected chi connectivity index (χ4v) is 0.979. The van der Waals surface area contributed by atoms with Crippen molar-refractivity contribution in [3.63, 3.8) is 0 Å². The van der Waals surface area contributed by atoms with Crippen LogP contribution in [0.2, 0.25) is 0 Å². The van der Waals surface area contributed by atoms with Crippen LogP contribution in [0, 0.1) is 11.3 Å². The molecule has 1 rings (SSSR count). The van der Waals surface area contributed by atoms with Gasteiger partial charge in [-0.05, 0) is 0 Å². The number of morpholine rings is 1. The Bertz CT molecular complexity index is 188. The quantitative estimate of drug-likeness (QED) is 0.523. The van der Waals surface area contributed by atoms with Crippen LogP contribution in [0.5, 0.6) is 0 Å². The number of nitrogens with two attached hydrogens (primary N) is 1. The second kappa shape index (κ2) is 3.84. The highest BCUT2D eigenvalue weighted by molar-refractivity contribution is 5.09. The summed E-state index contributed by atoms with van der Waals surface area (Å²) in [6.45, 7) is 2.95. The van der Waals surface area contributed by atoms with Gasteiger partial charge in [-0.15, -0.1) is 0 Å². The van der Waals surface area contributed by atoms with Gasteiger partial charge >= 0.3 is 0 Å². The third kappa shape index (κ3) is 2.13. The van der Waals surface area contributed by atoms with Crippen molar-refractivity contribution in [1.29, 1.82) is 5.26 Å². The predicted octanol–water partition coefficient (Wildman–Crippen LogP) is -0.358. The summed E-state index contributed by atoms with van der Waals surface area (Å²) >= 11 is 0. The SMILES string of the molecule is N#CC=C(N)N1CCOCC1. The van der Waals surface area contributed by atoms with Crippen LogP contribution in [0.3, 0.4) is 0 Å². The lowest BCUT2D eigenvalue weighted by molar-refractivity contribution is 0.0530. The predicted molar refractivity (Wildman–Crippen MR) is 40.3 cm³/mol. The fourth-order valence-electron chi connectivity index (χ4n) is 0.979. The second-order valence-electron chi connectivity index (χ2n) is 2.30. The maximum absolute atomic E-state index is 8.30. The molecule has 0 unspecified atom stereocenters. The molecule has 1 fully saturated rings. The van der Waals surface area contributed by atoms with E-state index in [-0.39, 0.29) is 0 Å². The summed E-state index contributed by atoms with van der Waals surface area (Å²) in [5, 5.41) is 8.30. The molecule has 0 aliphatic carbocycles. The van der Waals surface area contributed by atoms with Gasteiger partial charge in [-0.1, -0.05) is 0 Å². The van der Waals surface area contributed by atoms with Crippen LogP contribution in [0.4, 0.5) is 0 Å². The molecule has 11 heavy (non-hydrogen) atoms. The van der Waals surface area contributed by atoms with Crippen LogP contribution in [-0.4, -0.2) is 31.2 Å². The van der Waals surface area contributed by atoms with Gasteiger partial charge in [0.15, 0.2) is 0 Å². The van der Waals surface area contributed by atoms with E-state index in [2.05, 4.69) is 0 Å². The van der Waals surface area contributed by atoms with E-state index >= 15 is 0 Å². The van der Waals surface area contributed by atoms with Gasteiger partial charge in [-0.25, -0.2) is 0 Å². The van der Waals surface area contributed by atoms with Crippen molar-refractivity contribution in [2.24, 2.45) is 5.73 Å². The zero-order chi connectivity index (χ0) is 8.10. The zero-order valence-corrected chi connectivity index (χ0v) is 6.29. The summed E-state index contributed by atoms with van der Waals surface area (Å²) in [6, 6.07) is 1.90. The molecule has 0 aromatic carbocycles. The molecule has 1 aliphatic rings. The lowest BCUT2D eigenvalue weighted by Gasteiger charge is -2.28. The Labute approximate surface area is 65.8 Å². The molecule has 0 radical (unpaired) electrons. The van der Waals surface area contributed by atoms with E-state index in [9.17, 15) is 0 Å². The number of hydrogen-bond donors (Lipinski definition) is 1. The lowest BCUT2D eigenvalue weighted by atomic mass is 10.4. The first-order valence-corrected chi connectivity index (χ1v) is 3.52. The monoisotopic (exact) mass is 153 g/mol. The molecule has 1 heterocycles. The Morgan fingerprint density at radius 3 is 2.73 bits per heavy atom. The first-order chi connectivity index (χ1) is 5.34. The van der Waals surface area contributed by atoms with Crippen molar-refractivity contribution in [3.05, 3.63) is 11.9 Å². The zero-order valence-electron chi connectivity index (χ0n) is 6.29. The Morgan fingerprint density at radius 1 is 1.55 bits per heavy atom. The molecule has 0 bridgehead atoms.